The van der Waals surface area contributed by atoms with Crippen molar-refractivity contribution in [2.45, 2.75) is 38.1 Å². The first kappa shape index (κ1) is 20.5. The third-order valence-electron chi connectivity index (χ3n) is 5.60. The van der Waals surface area contributed by atoms with E-state index in [-0.39, 0.29) is 17.9 Å². The van der Waals surface area contributed by atoms with Gasteiger partial charge in [0.15, 0.2) is 0 Å². The predicted molar refractivity (Wildman–Crippen MR) is 122 cm³/mol. The topological polar surface area (TPSA) is 29.5 Å². The Morgan fingerprint density at radius 1 is 0.867 bits per heavy atom. The Hall–Kier alpha value is -2.78. The molecule has 2 unspecified atom stereocenters. The lowest BCUT2D eigenvalue weighted by Gasteiger charge is -2.47. The third-order valence-corrected chi connectivity index (χ3v) is 5.85. The van der Waals surface area contributed by atoms with Gasteiger partial charge in [0, 0.05) is 10.7 Å². The molecule has 3 aromatic carbocycles. The van der Waals surface area contributed by atoms with Crippen molar-refractivity contribution in [3.63, 3.8) is 0 Å². The van der Waals surface area contributed by atoms with Crippen LogP contribution in [-0.4, -0.2) is 12.5 Å². The van der Waals surface area contributed by atoms with E-state index in [0.717, 1.165) is 35.6 Å². The molecule has 1 aliphatic rings. The molecule has 1 fully saturated rings. The van der Waals surface area contributed by atoms with Gasteiger partial charge in [0.05, 0.1) is 18.6 Å². The highest BCUT2D eigenvalue weighted by atomic mass is 35.5. The van der Waals surface area contributed by atoms with Crippen molar-refractivity contribution in [2.24, 2.45) is 0 Å². The number of halogens is 1. The highest BCUT2D eigenvalue weighted by molar-refractivity contribution is 6.30. The van der Waals surface area contributed by atoms with Crippen molar-refractivity contribution in [2.75, 3.05) is 11.5 Å². The van der Waals surface area contributed by atoms with Gasteiger partial charge >= 0.3 is 0 Å². The van der Waals surface area contributed by atoms with E-state index in [1.807, 2.05) is 71.6 Å². The number of hydrogen-bond acceptors (Lipinski definition) is 2. The lowest BCUT2D eigenvalue weighted by atomic mass is 9.77. The normalized spacial score (nSPS) is 18.2. The van der Waals surface area contributed by atoms with Gasteiger partial charge in [0.1, 0.15) is 5.75 Å². The number of unbranched alkanes of at least 4 members (excludes halogenated alkanes) is 2. The Bertz CT molecular complexity index is 970. The Kier molecular flexibility index (Phi) is 6.39. The lowest BCUT2D eigenvalue weighted by molar-refractivity contribution is -0.126. The summed E-state index contributed by atoms with van der Waals surface area (Å²) in [4.78, 5) is 15.0. The summed E-state index contributed by atoms with van der Waals surface area (Å²) in [6.07, 6.45) is 3.42. The maximum Gasteiger partial charge on any atom is 0.237 e. The first-order valence-electron chi connectivity index (χ1n) is 10.6. The molecule has 0 radical (unpaired) electrons. The molecular formula is C26H26ClNO2. The van der Waals surface area contributed by atoms with Crippen LogP contribution in [0.4, 0.5) is 5.69 Å². The average molecular weight is 420 g/mol. The zero-order chi connectivity index (χ0) is 20.9. The van der Waals surface area contributed by atoms with E-state index >= 15 is 0 Å². The zero-order valence-corrected chi connectivity index (χ0v) is 17.9. The van der Waals surface area contributed by atoms with E-state index in [2.05, 4.69) is 19.1 Å². The van der Waals surface area contributed by atoms with Crippen LogP contribution in [-0.2, 0) is 4.79 Å². The molecule has 0 aromatic heterocycles. The van der Waals surface area contributed by atoms with Crippen molar-refractivity contribution in [1.29, 1.82) is 0 Å². The number of anilines is 1. The third kappa shape index (κ3) is 4.22. The SMILES string of the molecule is CCCCCOc1ccc(C2C(c3ccccc3)C(=O)N2c2ccc(Cl)cc2)cc1. The van der Waals surface area contributed by atoms with Crippen LogP contribution in [0.1, 0.15) is 49.3 Å². The van der Waals surface area contributed by atoms with Crippen LogP contribution in [0.2, 0.25) is 5.02 Å². The van der Waals surface area contributed by atoms with Gasteiger partial charge < -0.3 is 9.64 Å². The highest BCUT2D eigenvalue weighted by Gasteiger charge is 2.49. The number of ether oxygens (including phenoxy) is 1. The van der Waals surface area contributed by atoms with Crippen LogP contribution in [0.3, 0.4) is 0 Å². The number of β-lactam (4-membered cyclic amide) rings is 1. The smallest absolute Gasteiger partial charge is 0.237 e. The number of rotatable bonds is 8. The Balaban J connectivity index is 1.60. The predicted octanol–water partition coefficient (Wildman–Crippen LogP) is 6.78. The Morgan fingerprint density at radius 2 is 1.57 bits per heavy atom. The minimum absolute atomic E-state index is 0.0600. The lowest BCUT2D eigenvalue weighted by Crippen LogP contribution is -2.53. The van der Waals surface area contributed by atoms with E-state index in [1.54, 1.807) is 0 Å². The van der Waals surface area contributed by atoms with Crippen LogP contribution in [0, 0.1) is 0 Å². The van der Waals surface area contributed by atoms with E-state index in [9.17, 15) is 4.79 Å². The molecule has 4 rings (SSSR count). The quantitative estimate of drug-likeness (QED) is 0.297. The van der Waals surface area contributed by atoms with Gasteiger partial charge in [-0.05, 0) is 53.9 Å². The monoisotopic (exact) mass is 419 g/mol. The molecule has 2 atom stereocenters. The molecule has 1 saturated heterocycles. The number of benzene rings is 3. The molecule has 3 aromatic rings. The van der Waals surface area contributed by atoms with Crippen molar-refractivity contribution in [3.05, 3.63) is 95.0 Å². The summed E-state index contributed by atoms with van der Waals surface area (Å²) in [5, 5.41) is 0.660. The molecule has 30 heavy (non-hydrogen) atoms. The number of amides is 1. The summed E-state index contributed by atoms with van der Waals surface area (Å²) < 4.78 is 5.86. The van der Waals surface area contributed by atoms with Crippen molar-refractivity contribution < 1.29 is 9.53 Å². The van der Waals surface area contributed by atoms with Gasteiger partial charge in [-0.25, -0.2) is 0 Å². The molecule has 1 heterocycles. The Labute approximate surface area is 183 Å². The van der Waals surface area contributed by atoms with Gasteiger partial charge in [-0.1, -0.05) is 73.8 Å². The van der Waals surface area contributed by atoms with Crippen molar-refractivity contribution >= 4 is 23.2 Å². The fourth-order valence-corrected chi connectivity index (χ4v) is 4.13. The van der Waals surface area contributed by atoms with Gasteiger partial charge in [-0.3, -0.25) is 4.79 Å². The Morgan fingerprint density at radius 3 is 2.23 bits per heavy atom. The average Bonchev–Trinajstić information content (AvgIpc) is 2.78. The summed E-state index contributed by atoms with van der Waals surface area (Å²) in [5.41, 5.74) is 3.00. The van der Waals surface area contributed by atoms with Crippen LogP contribution >= 0.6 is 11.6 Å². The van der Waals surface area contributed by atoms with Gasteiger partial charge in [-0.15, -0.1) is 0 Å². The molecule has 1 amide bonds. The van der Waals surface area contributed by atoms with E-state index in [1.165, 1.54) is 12.8 Å². The van der Waals surface area contributed by atoms with Crippen LogP contribution < -0.4 is 9.64 Å². The van der Waals surface area contributed by atoms with Crippen molar-refractivity contribution in [3.8, 4) is 5.75 Å². The van der Waals surface area contributed by atoms with Crippen molar-refractivity contribution in [1.82, 2.24) is 0 Å². The number of carbonyl (C=O) groups excluding carboxylic acids is 1. The van der Waals surface area contributed by atoms with Crippen LogP contribution in [0.25, 0.3) is 0 Å². The van der Waals surface area contributed by atoms with E-state index in [0.29, 0.717) is 5.02 Å². The van der Waals surface area contributed by atoms with Gasteiger partial charge in [0.2, 0.25) is 5.91 Å². The molecule has 1 aliphatic heterocycles. The standard InChI is InChI=1S/C26H26ClNO2/c1-2-3-7-18-30-23-16-10-20(11-17-23)25-24(19-8-5-4-6-9-19)26(29)28(25)22-14-12-21(27)13-15-22/h4-6,8-17,24-25H,2-3,7,18H2,1H3. The summed E-state index contributed by atoms with van der Waals surface area (Å²) in [5.74, 6) is 0.779. The molecule has 0 saturated carbocycles. The minimum atomic E-state index is -0.196. The van der Waals surface area contributed by atoms with Crippen LogP contribution in [0.5, 0.6) is 5.75 Å². The molecule has 0 N–H and O–H groups in total. The summed E-state index contributed by atoms with van der Waals surface area (Å²) in [6, 6.07) is 25.6. The summed E-state index contributed by atoms with van der Waals surface area (Å²) >= 11 is 6.05. The van der Waals surface area contributed by atoms with Gasteiger partial charge in [0.25, 0.3) is 0 Å². The fourth-order valence-electron chi connectivity index (χ4n) is 4.01. The number of nitrogens with zero attached hydrogens (tertiary/aromatic N) is 1. The fraction of sp³-hybridized carbons (Fsp3) is 0.269. The molecule has 0 bridgehead atoms. The van der Waals surface area contributed by atoms with E-state index < -0.39 is 0 Å². The van der Waals surface area contributed by atoms with E-state index in [4.69, 9.17) is 16.3 Å². The summed E-state index contributed by atoms with van der Waals surface area (Å²) in [6.45, 7) is 2.92. The number of hydrogen-bond donors (Lipinski definition) is 0. The highest BCUT2D eigenvalue weighted by Crippen LogP contribution is 2.49. The first-order valence-corrected chi connectivity index (χ1v) is 10.9. The second-order valence-corrected chi connectivity index (χ2v) is 8.08. The zero-order valence-electron chi connectivity index (χ0n) is 17.1. The van der Waals surface area contributed by atoms with Gasteiger partial charge in [-0.2, -0.15) is 0 Å². The second kappa shape index (κ2) is 9.36. The summed E-state index contributed by atoms with van der Waals surface area (Å²) in [7, 11) is 0. The minimum Gasteiger partial charge on any atom is -0.494 e. The molecule has 0 spiro atoms. The largest absolute Gasteiger partial charge is 0.494 e. The maximum absolute atomic E-state index is 13.2. The molecule has 0 aliphatic carbocycles. The molecule has 154 valence electrons. The maximum atomic E-state index is 13.2. The number of carbonyl (C=O) groups is 1. The molecule has 3 nitrogen and oxygen atoms in total. The van der Waals surface area contributed by atoms with Crippen LogP contribution in [0.15, 0.2) is 78.9 Å². The first-order chi connectivity index (χ1) is 14.7. The molecular weight excluding hydrogens is 394 g/mol. The second-order valence-electron chi connectivity index (χ2n) is 7.64. The molecule has 4 heteroatoms.